The monoisotopic (exact) mass is 625 g/mol. The molecular weight excluding hydrogens is 586 g/mol. The van der Waals surface area contributed by atoms with Gasteiger partial charge in [0.2, 0.25) is 0 Å². The summed E-state index contributed by atoms with van der Waals surface area (Å²) in [7, 11) is 0. The molecule has 0 fully saturated rings. The molecule has 3 aliphatic heterocycles. The average Bonchev–Trinajstić information content (AvgIpc) is 3.78. The summed E-state index contributed by atoms with van der Waals surface area (Å²) in [5.41, 5.74) is 12.9. The molecule has 0 unspecified atom stereocenters. The first-order valence-corrected chi connectivity index (χ1v) is 17.0. The van der Waals surface area contributed by atoms with Crippen molar-refractivity contribution in [3.05, 3.63) is 55.4 Å². The van der Waals surface area contributed by atoms with Gasteiger partial charge in [-0.25, -0.2) is 9.98 Å². The summed E-state index contributed by atoms with van der Waals surface area (Å²) in [6, 6.07) is 0. The molecule has 0 N–H and O–H groups in total. The summed E-state index contributed by atoms with van der Waals surface area (Å²) in [5, 5.41) is 1.16. The van der Waals surface area contributed by atoms with Crippen molar-refractivity contribution >= 4 is 40.9 Å². The molecule has 7 aliphatic rings. The maximum Gasteiger partial charge on any atom is 2.00 e. The van der Waals surface area contributed by atoms with Gasteiger partial charge in [0.05, 0.1) is 17.5 Å². The Balaban J connectivity index is 0.00000289. The predicted molar refractivity (Wildman–Crippen MR) is 172 cm³/mol. The molecule has 2 aromatic rings. The molecule has 226 valence electrons. The van der Waals surface area contributed by atoms with Crippen LogP contribution in [0, 0.1) is 0 Å². The molecule has 7 nitrogen and oxygen atoms in total. The zero-order valence-electron chi connectivity index (χ0n) is 25.5. The van der Waals surface area contributed by atoms with Gasteiger partial charge in [0, 0.05) is 17.3 Å². The minimum Gasteiger partial charge on any atom is -0.436 e. The standard InChI is InChI=1S/C36H39N7.Fe/c1-3-13-23-21(11-1)29-19-9-10-20-30-22-12-2-4-14-24(22)32(38-30)40-34-26-16-6-8-18-28(26)36(42-34)43-35-27-17-7-5-15-25(27)33(41-35)39-31(23)37-29;/h19H,1-18,20H2;/q-2;+2/b29-19?,40-32-;. The van der Waals surface area contributed by atoms with E-state index in [-0.39, 0.29) is 17.1 Å². The Morgan fingerprint density at radius 2 is 0.955 bits per heavy atom. The number of hydrogen-bond acceptors (Lipinski definition) is 5. The first-order chi connectivity index (χ1) is 21.3. The van der Waals surface area contributed by atoms with Crippen LogP contribution in [-0.4, -0.2) is 23.2 Å². The second-order valence-electron chi connectivity index (χ2n) is 13.3. The fourth-order valence-electron chi connectivity index (χ4n) is 8.43. The summed E-state index contributed by atoms with van der Waals surface area (Å²) in [4.78, 5) is 36.3. The number of aliphatic imine (C=N–C) groups is 4. The minimum absolute atomic E-state index is 0. The van der Waals surface area contributed by atoms with E-state index in [4.69, 9.17) is 34.9 Å². The van der Waals surface area contributed by atoms with Crippen molar-refractivity contribution in [1.29, 1.82) is 0 Å². The normalized spacial score (nSPS) is 25.1. The van der Waals surface area contributed by atoms with Crippen LogP contribution in [-0.2, 0) is 42.8 Å². The van der Waals surface area contributed by atoms with Gasteiger partial charge in [0.25, 0.3) is 0 Å². The van der Waals surface area contributed by atoms with Gasteiger partial charge < -0.3 is 24.9 Å². The van der Waals surface area contributed by atoms with Crippen LogP contribution in [0.3, 0.4) is 0 Å². The third-order valence-electron chi connectivity index (χ3n) is 10.6. The topological polar surface area (TPSA) is 90.0 Å². The number of fused-ring (bicyclic) bond motifs is 16. The van der Waals surface area contributed by atoms with Gasteiger partial charge in [-0.3, -0.25) is 0 Å². The van der Waals surface area contributed by atoms with Crippen LogP contribution in [0.2, 0.25) is 0 Å². The van der Waals surface area contributed by atoms with Gasteiger partial charge in [-0.2, -0.15) is 0 Å². The number of amidine groups is 3. The van der Waals surface area contributed by atoms with Crippen LogP contribution in [0.4, 0.5) is 11.6 Å². The number of aromatic nitrogens is 2. The van der Waals surface area contributed by atoms with Crippen molar-refractivity contribution in [2.45, 2.75) is 122 Å². The van der Waals surface area contributed by atoms with Crippen molar-refractivity contribution in [2.24, 2.45) is 25.0 Å². The molecule has 44 heavy (non-hydrogen) atoms. The summed E-state index contributed by atoms with van der Waals surface area (Å²) in [6.07, 6.45) is 23.5. The second kappa shape index (κ2) is 11.7. The van der Waals surface area contributed by atoms with Crippen LogP contribution >= 0.6 is 0 Å². The molecule has 0 radical (unpaired) electrons. The number of allylic oxidation sites excluding steroid dienone is 1. The fourth-order valence-corrected chi connectivity index (χ4v) is 8.43. The van der Waals surface area contributed by atoms with Crippen LogP contribution < -0.4 is 20.8 Å². The smallest absolute Gasteiger partial charge is 0.436 e. The molecule has 4 aliphatic carbocycles. The first kappa shape index (κ1) is 28.4. The number of rotatable bonds is 0. The van der Waals surface area contributed by atoms with Crippen LogP contribution in [0.25, 0.3) is 6.08 Å². The van der Waals surface area contributed by atoms with E-state index in [1.54, 1.807) is 0 Å². The molecule has 0 spiro atoms. The molecule has 8 bridgehead atoms. The molecule has 9 rings (SSSR count). The third kappa shape index (κ3) is 4.80. The van der Waals surface area contributed by atoms with Gasteiger partial charge >= 0.3 is 17.1 Å². The van der Waals surface area contributed by atoms with E-state index < -0.39 is 0 Å². The zero-order valence-corrected chi connectivity index (χ0v) is 26.6. The number of nitrogens with zero attached hydrogens (tertiary/aromatic N) is 7. The van der Waals surface area contributed by atoms with Gasteiger partial charge in [0.1, 0.15) is 0 Å². The molecule has 0 aromatic carbocycles. The van der Waals surface area contributed by atoms with Crippen molar-refractivity contribution in [3.8, 4) is 0 Å². The van der Waals surface area contributed by atoms with E-state index in [9.17, 15) is 0 Å². The SMILES string of the molecule is C1=c2[n-]c(c3c2CCCC3)=NC2=N/C(=N\c3[n-]c(c4c3CCCC4)/N=C3\N=C(CCC1)C1=C3CCCC1)C1=C2CCCC1.[Fe+2]. The summed E-state index contributed by atoms with van der Waals surface area (Å²) >= 11 is 0. The quantitative estimate of drug-likeness (QED) is 0.322. The number of hydrogen-bond donors (Lipinski definition) is 0. The van der Waals surface area contributed by atoms with E-state index in [0.29, 0.717) is 0 Å². The molecule has 0 saturated carbocycles. The largest absolute Gasteiger partial charge is 2.00 e. The molecule has 0 saturated heterocycles. The van der Waals surface area contributed by atoms with Gasteiger partial charge in [-0.15, -0.1) is 0 Å². The minimum atomic E-state index is 0. The van der Waals surface area contributed by atoms with Crippen LogP contribution in [0.1, 0.15) is 119 Å². The summed E-state index contributed by atoms with van der Waals surface area (Å²) in [6.45, 7) is 0. The first-order valence-electron chi connectivity index (χ1n) is 17.0. The Labute approximate surface area is 269 Å². The van der Waals surface area contributed by atoms with Gasteiger partial charge in [0.15, 0.2) is 0 Å². The maximum absolute atomic E-state index is 5.23. The zero-order chi connectivity index (χ0) is 28.3. The third-order valence-corrected chi connectivity index (χ3v) is 10.6. The average molecular weight is 626 g/mol. The Kier molecular flexibility index (Phi) is 7.54. The maximum atomic E-state index is 5.23. The van der Waals surface area contributed by atoms with Crippen LogP contribution in [0.15, 0.2) is 47.3 Å². The van der Waals surface area contributed by atoms with Gasteiger partial charge in [-0.05, 0) is 172 Å². The van der Waals surface area contributed by atoms with E-state index in [2.05, 4.69) is 6.08 Å². The molecule has 2 aromatic heterocycles. The molecule has 0 atom stereocenters. The Bertz CT molecular complexity index is 1850. The summed E-state index contributed by atoms with van der Waals surface area (Å²) < 4.78 is 0. The molecule has 5 heterocycles. The molecular formula is C36H39FeN7. The van der Waals surface area contributed by atoms with Crippen molar-refractivity contribution < 1.29 is 17.1 Å². The van der Waals surface area contributed by atoms with E-state index in [1.165, 1.54) is 102 Å². The second-order valence-corrected chi connectivity index (χ2v) is 13.3. The Morgan fingerprint density at radius 1 is 0.432 bits per heavy atom. The van der Waals surface area contributed by atoms with Crippen LogP contribution in [0.5, 0.6) is 0 Å². The van der Waals surface area contributed by atoms with E-state index >= 15 is 0 Å². The Morgan fingerprint density at radius 3 is 1.64 bits per heavy atom. The molecule has 8 heteroatoms. The van der Waals surface area contributed by atoms with Crippen molar-refractivity contribution in [1.82, 2.24) is 9.97 Å². The Hall–Kier alpha value is -3.09. The van der Waals surface area contributed by atoms with Crippen molar-refractivity contribution in [3.63, 3.8) is 0 Å². The molecule has 0 amide bonds. The van der Waals surface area contributed by atoms with E-state index in [0.717, 1.165) is 111 Å². The predicted octanol–water partition coefficient (Wildman–Crippen LogP) is 6.31. The fraction of sp³-hybridized carbons (Fsp3) is 0.528. The summed E-state index contributed by atoms with van der Waals surface area (Å²) in [5.74, 6) is 4.26. The van der Waals surface area contributed by atoms with Crippen molar-refractivity contribution in [2.75, 3.05) is 0 Å². The van der Waals surface area contributed by atoms with E-state index in [1.807, 2.05) is 0 Å². The van der Waals surface area contributed by atoms with Gasteiger partial charge in [-0.1, -0.05) is 11.6 Å².